The largest absolute Gasteiger partial charge is 0.494 e. The Morgan fingerprint density at radius 2 is 1.69 bits per heavy atom. The van der Waals surface area contributed by atoms with Crippen LogP contribution >= 0.6 is 0 Å². The molecule has 0 aliphatic heterocycles. The monoisotopic (exact) mass is 388 g/mol. The summed E-state index contributed by atoms with van der Waals surface area (Å²) in [4.78, 5) is 28.2. The third-order valence-electron chi connectivity index (χ3n) is 4.50. The summed E-state index contributed by atoms with van der Waals surface area (Å²) in [6, 6.07) is 22.2. The van der Waals surface area contributed by atoms with Gasteiger partial charge in [-0.05, 0) is 55.3 Å². The molecule has 0 radical (unpaired) electrons. The minimum Gasteiger partial charge on any atom is -0.494 e. The van der Waals surface area contributed by atoms with Crippen molar-refractivity contribution in [3.8, 4) is 5.75 Å². The first-order valence-corrected chi connectivity index (χ1v) is 9.62. The molecule has 0 fully saturated rings. The second-order valence-electron chi connectivity index (χ2n) is 6.70. The average Bonchev–Trinajstić information content (AvgIpc) is 2.76. The van der Waals surface area contributed by atoms with E-state index in [-0.39, 0.29) is 17.7 Å². The lowest BCUT2D eigenvalue weighted by molar-refractivity contribution is -0.121. The Balaban J connectivity index is 1.52. The maximum atomic E-state index is 12.5. The molecule has 1 unspecified atom stereocenters. The van der Waals surface area contributed by atoms with E-state index in [1.165, 1.54) is 6.92 Å². The van der Waals surface area contributed by atoms with Gasteiger partial charge in [0.25, 0.3) is 0 Å². The lowest BCUT2D eigenvalue weighted by atomic mass is 10.0. The first-order chi connectivity index (χ1) is 14.1. The van der Waals surface area contributed by atoms with E-state index in [9.17, 15) is 9.59 Å². The van der Waals surface area contributed by atoms with Crippen molar-refractivity contribution in [3.63, 3.8) is 0 Å². The van der Waals surface area contributed by atoms with Gasteiger partial charge < -0.3 is 10.1 Å². The summed E-state index contributed by atoms with van der Waals surface area (Å²) >= 11 is 0. The van der Waals surface area contributed by atoms with Gasteiger partial charge in [-0.15, -0.1) is 0 Å². The average molecular weight is 388 g/mol. The summed E-state index contributed by atoms with van der Waals surface area (Å²) in [5, 5.41) is 3.07. The van der Waals surface area contributed by atoms with Gasteiger partial charge in [-0.3, -0.25) is 14.6 Å². The van der Waals surface area contributed by atoms with Crippen molar-refractivity contribution in [3.05, 3.63) is 95.8 Å². The number of nitrogens with one attached hydrogen (secondary N) is 1. The normalized spacial score (nSPS) is 11.5. The van der Waals surface area contributed by atoms with E-state index in [1.807, 2.05) is 48.5 Å². The molecule has 0 saturated heterocycles. The third kappa shape index (κ3) is 6.01. The van der Waals surface area contributed by atoms with E-state index in [4.69, 9.17) is 4.74 Å². The van der Waals surface area contributed by atoms with Gasteiger partial charge in [0.05, 0.1) is 18.3 Å². The van der Waals surface area contributed by atoms with Gasteiger partial charge in [0.1, 0.15) is 5.75 Å². The number of nitrogens with zero attached hydrogens (tertiary/aromatic N) is 1. The van der Waals surface area contributed by atoms with Gasteiger partial charge >= 0.3 is 0 Å². The van der Waals surface area contributed by atoms with Crippen LogP contribution in [-0.2, 0) is 4.79 Å². The van der Waals surface area contributed by atoms with Gasteiger partial charge in [-0.1, -0.05) is 36.4 Å². The van der Waals surface area contributed by atoms with E-state index >= 15 is 0 Å². The van der Waals surface area contributed by atoms with Crippen molar-refractivity contribution in [1.29, 1.82) is 0 Å². The molecule has 2 aromatic carbocycles. The van der Waals surface area contributed by atoms with Crippen LogP contribution in [0, 0.1) is 0 Å². The third-order valence-corrected chi connectivity index (χ3v) is 4.50. The number of carbonyl (C=O) groups is 2. The van der Waals surface area contributed by atoms with Crippen LogP contribution in [0.15, 0.2) is 79.0 Å². The number of aromatic nitrogens is 1. The van der Waals surface area contributed by atoms with Crippen LogP contribution in [0.4, 0.5) is 0 Å². The van der Waals surface area contributed by atoms with Crippen LogP contribution in [0.25, 0.3) is 0 Å². The predicted molar refractivity (Wildman–Crippen MR) is 112 cm³/mol. The predicted octanol–water partition coefficient (Wildman–Crippen LogP) is 4.35. The number of pyridine rings is 1. The molecular weight excluding hydrogens is 364 g/mol. The maximum absolute atomic E-state index is 12.5. The Labute approximate surface area is 170 Å². The van der Waals surface area contributed by atoms with Gasteiger partial charge in [0.15, 0.2) is 5.78 Å². The Kier molecular flexibility index (Phi) is 7.11. The maximum Gasteiger partial charge on any atom is 0.220 e. The second-order valence-corrected chi connectivity index (χ2v) is 6.70. The number of carbonyl (C=O) groups excluding carboxylic acids is 2. The number of hydrogen-bond donors (Lipinski definition) is 1. The fourth-order valence-electron chi connectivity index (χ4n) is 2.96. The molecule has 5 nitrogen and oxygen atoms in total. The zero-order valence-corrected chi connectivity index (χ0v) is 16.4. The highest BCUT2D eigenvalue weighted by atomic mass is 16.5. The van der Waals surface area contributed by atoms with Crippen LogP contribution in [0.1, 0.15) is 47.4 Å². The lowest BCUT2D eigenvalue weighted by Gasteiger charge is -2.19. The molecule has 29 heavy (non-hydrogen) atoms. The standard InChI is InChI=1S/C24H24N2O3/c1-18(27)19-12-14-21(15-13-19)29-17-7-11-23(28)26-24(20-8-3-2-4-9-20)22-10-5-6-16-25-22/h2-6,8-10,12-16,24H,7,11,17H2,1H3,(H,26,28). The fraction of sp³-hybridized carbons (Fsp3) is 0.208. The first-order valence-electron chi connectivity index (χ1n) is 9.62. The van der Waals surface area contributed by atoms with Gasteiger partial charge in [-0.25, -0.2) is 0 Å². The number of ether oxygens (including phenoxy) is 1. The molecule has 3 rings (SSSR count). The van der Waals surface area contributed by atoms with E-state index < -0.39 is 0 Å². The van der Waals surface area contributed by atoms with E-state index in [2.05, 4.69) is 10.3 Å². The molecule has 0 bridgehead atoms. The van der Waals surface area contributed by atoms with Crippen molar-refractivity contribution < 1.29 is 14.3 Å². The van der Waals surface area contributed by atoms with Crippen molar-refractivity contribution in [2.45, 2.75) is 25.8 Å². The van der Waals surface area contributed by atoms with Crippen molar-refractivity contribution in [1.82, 2.24) is 10.3 Å². The Hall–Kier alpha value is -3.47. The molecule has 0 aliphatic rings. The zero-order chi connectivity index (χ0) is 20.5. The summed E-state index contributed by atoms with van der Waals surface area (Å²) in [5.41, 5.74) is 2.44. The number of hydrogen-bond acceptors (Lipinski definition) is 4. The van der Waals surface area contributed by atoms with Crippen LogP contribution in [0.2, 0.25) is 0 Å². The molecule has 148 valence electrons. The smallest absolute Gasteiger partial charge is 0.220 e. The summed E-state index contributed by atoms with van der Waals surface area (Å²) in [6.45, 7) is 1.95. The minimum atomic E-state index is -0.287. The number of rotatable bonds is 9. The van der Waals surface area contributed by atoms with Gasteiger partial charge in [-0.2, -0.15) is 0 Å². The molecule has 1 amide bonds. The van der Waals surface area contributed by atoms with Gasteiger partial charge in [0.2, 0.25) is 5.91 Å². The van der Waals surface area contributed by atoms with Crippen LogP contribution in [0.5, 0.6) is 5.75 Å². The molecular formula is C24H24N2O3. The highest BCUT2D eigenvalue weighted by Crippen LogP contribution is 2.20. The lowest BCUT2D eigenvalue weighted by Crippen LogP contribution is -2.30. The van der Waals surface area contributed by atoms with E-state index in [0.29, 0.717) is 30.8 Å². The molecule has 5 heteroatoms. The fourth-order valence-corrected chi connectivity index (χ4v) is 2.96. The summed E-state index contributed by atoms with van der Waals surface area (Å²) in [7, 11) is 0. The minimum absolute atomic E-state index is 0.0223. The van der Waals surface area contributed by atoms with Crippen molar-refractivity contribution in [2.24, 2.45) is 0 Å². The Morgan fingerprint density at radius 3 is 2.34 bits per heavy atom. The Bertz CT molecular complexity index is 886. The zero-order valence-electron chi connectivity index (χ0n) is 16.4. The van der Waals surface area contributed by atoms with E-state index in [0.717, 1.165) is 11.3 Å². The molecule has 0 aliphatic carbocycles. The molecule has 0 spiro atoms. The molecule has 1 N–H and O–H groups in total. The van der Waals surface area contributed by atoms with Crippen molar-refractivity contribution >= 4 is 11.7 Å². The number of benzene rings is 2. The highest BCUT2D eigenvalue weighted by Gasteiger charge is 2.17. The molecule has 1 atom stereocenters. The summed E-state index contributed by atoms with van der Waals surface area (Å²) in [6.07, 6.45) is 2.66. The Morgan fingerprint density at radius 1 is 0.966 bits per heavy atom. The van der Waals surface area contributed by atoms with Crippen LogP contribution in [-0.4, -0.2) is 23.3 Å². The molecule has 1 heterocycles. The van der Waals surface area contributed by atoms with Crippen molar-refractivity contribution in [2.75, 3.05) is 6.61 Å². The van der Waals surface area contributed by atoms with Crippen LogP contribution < -0.4 is 10.1 Å². The molecule has 3 aromatic rings. The molecule has 0 saturated carbocycles. The number of ketones is 1. The summed E-state index contributed by atoms with van der Waals surface area (Å²) in [5.74, 6) is 0.653. The topological polar surface area (TPSA) is 68.3 Å². The SMILES string of the molecule is CC(=O)c1ccc(OCCCC(=O)NC(c2ccccc2)c2ccccn2)cc1. The van der Waals surface area contributed by atoms with E-state index in [1.54, 1.807) is 30.5 Å². The number of Topliss-reactive ketones (excluding diaryl/α,β-unsaturated/α-hetero) is 1. The van der Waals surface area contributed by atoms with Crippen LogP contribution in [0.3, 0.4) is 0 Å². The summed E-state index contributed by atoms with van der Waals surface area (Å²) < 4.78 is 5.66. The quantitative estimate of drug-likeness (QED) is 0.437. The first kappa shape index (κ1) is 20.3. The molecule has 1 aromatic heterocycles. The second kappa shape index (κ2) is 10.2. The highest BCUT2D eigenvalue weighted by molar-refractivity contribution is 5.94. The number of amides is 1. The van der Waals surface area contributed by atoms with Gasteiger partial charge in [0, 0.05) is 18.2 Å².